The third-order valence-corrected chi connectivity index (χ3v) is 1.13. The fraction of sp³-hybridized carbons (Fsp3) is 0.875. The van der Waals surface area contributed by atoms with Gasteiger partial charge in [0.2, 0.25) is 0 Å². The average molecular weight is 190 g/mol. The lowest BCUT2D eigenvalue weighted by Crippen LogP contribution is -2.46. The summed E-state index contributed by atoms with van der Waals surface area (Å²) in [6.07, 6.45) is -0.831. The molecule has 3 N–H and O–H groups in total. The van der Waals surface area contributed by atoms with E-state index < -0.39 is 17.9 Å². The quantitative estimate of drug-likeness (QED) is 0.453. The molecule has 0 rings (SSSR count). The summed E-state index contributed by atoms with van der Waals surface area (Å²) in [6, 6.07) is 0. The highest BCUT2D eigenvalue weighted by Gasteiger charge is 2.15. The standard InChI is InChI=1S/C8H18N2O3/c1-5-6(11)9-10-7(12)13-8(2,3)4/h6,9,11H,5H2,1-4H3,(H,10,12). The maximum absolute atomic E-state index is 11.0. The first kappa shape index (κ1) is 12.2. The van der Waals surface area contributed by atoms with Gasteiger partial charge in [0.15, 0.2) is 0 Å². The van der Waals surface area contributed by atoms with Gasteiger partial charge < -0.3 is 9.84 Å². The summed E-state index contributed by atoms with van der Waals surface area (Å²) < 4.78 is 4.91. The molecule has 5 heteroatoms. The number of hydrazine groups is 1. The number of nitrogens with one attached hydrogen (secondary N) is 2. The van der Waals surface area contributed by atoms with E-state index >= 15 is 0 Å². The monoisotopic (exact) mass is 190 g/mol. The lowest BCUT2D eigenvalue weighted by Gasteiger charge is -2.20. The number of ether oxygens (including phenoxy) is 1. The molecule has 0 bridgehead atoms. The Kier molecular flexibility index (Phi) is 4.72. The van der Waals surface area contributed by atoms with Crippen LogP contribution in [0.25, 0.3) is 0 Å². The Morgan fingerprint density at radius 3 is 2.46 bits per heavy atom. The topological polar surface area (TPSA) is 70.6 Å². The van der Waals surface area contributed by atoms with Crippen LogP contribution in [-0.2, 0) is 4.74 Å². The average Bonchev–Trinajstić information content (AvgIpc) is 1.97. The lowest BCUT2D eigenvalue weighted by atomic mass is 10.2. The molecule has 1 amide bonds. The number of aliphatic hydroxyl groups is 1. The molecule has 13 heavy (non-hydrogen) atoms. The van der Waals surface area contributed by atoms with Gasteiger partial charge in [-0.1, -0.05) is 6.92 Å². The van der Waals surface area contributed by atoms with E-state index in [-0.39, 0.29) is 0 Å². The van der Waals surface area contributed by atoms with Gasteiger partial charge in [-0.3, -0.25) is 5.43 Å². The van der Waals surface area contributed by atoms with Crippen molar-refractivity contribution in [3.05, 3.63) is 0 Å². The Morgan fingerprint density at radius 1 is 1.54 bits per heavy atom. The number of aliphatic hydroxyl groups excluding tert-OH is 1. The first-order valence-electron chi connectivity index (χ1n) is 4.27. The minimum absolute atomic E-state index is 0.510. The van der Waals surface area contributed by atoms with Crippen LogP contribution in [0, 0.1) is 0 Å². The van der Waals surface area contributed by atoms with E-state index in [4.69, 9.17) is 9.84 Å². The second kappa shape index (κ2) is 5.04. The number of rotatable bonds is 3. The highest BCUT2D eigenvalue weighted by atomic mass is 16.6. The minimum Gasteiger partial charge on any atom is -0.443 e. The fourth-order valence-corrected chi connectivity index (χ4v) is 0.548. The zero-order valence-corrected chi connectivity index (χ0v) is 8.55. The molecular formula is C8H18N2O3. The van der Waals surface area contributed by atoms with Gasteiger partial charge in [-0.15, -0.1) is 0 Å². The Morgan fingerprint density at radius 2 is 2.08 bits per heavy atom. The van der Waals surface area contributed by atoms with E-state index in [0.29, 0.717) is 6.42 Å². The van der Waals surface area contributed by atoms with Crippen LogP contribution < -0.4 is 10.9 Å². The van der Waals surface area contributed by atoms with Crippen molar-refractivity contribution in [3.63, 3.8) is 0 Å². The third-order valence-electron chi connectivity index (χ3n) is 1.13. The second-order valence-electron chi connectivity index (χ2n) is 3.70. The molecule has 0 aliphatic rings. The normalized spacial score (nSPS) is 13.6. The van der Waals surface area contributed by atoms with Gasteiger partial charge in [-0.05, 0) is 27.2 Å². The Labute approximate surface area is 78.4 Å². The van der Waals surface area contributed by atoms with E-state index in [9.17, 15) is 4.79 Å². The maximum Gasteiger partial charge on any atom is 0.422 e. The molecule has 0 spiro atoms. The lowest BCUT2D eigenvalue weighted by molar-refractivity contribution is 0.0394. The number of hydrogen-bond donors (Lipinski definition) is 3. The van der Waals surface area contributed by atoms with Crippen LogP contribution in [-0.4, -0.2) is 23.0 Å². The second-order valence-corrected chi connectivity index (χ2v) is 3.70. The summed E-state index contributed by atoms with van der Waals surface area (Å²) in [6.45, 7) is 7.09. The highest BCUT2D eigenvalue weighted by Crippen LogP contribution is 2.05. The molecular weight excluding hydrogens is 172 g/mol. The molecule has 1 unspecified atom stereocenters. The molecule has 1 atom stereocenters. The van der Waals surface area contributed by atoms with Crippen molar-refractivity contribution >= 4 is 6.09 Å². The Hall–Kier alpha value is -0.810. The summed E-state index contributed by atoms with van der Waals surface area (Å²) in [5, 5.41) is 9.02. The summed E-state index contributed by atoms with van der Waals surface area (Å²) in [5.41, 5.74) is 4.09. The molecule has 0 aromatic rings. The summed E-state index contributed by atoms with van der Waals surface area (Å²) in [7, 11) is 0. The van der Waals surface area contributed by atoms with Gasteiger partial charge >= 0.3 is 6.09 Å². The van der Waals surface area contributed by atoms with Crippen LogP contribution in [0.1, 0.15) is 34.1 Å². The van der Waals surface area contributed by atoms with Crippen LogP contribution in [0.5, 0.6) is 0 Å². The number of carbonyl (C=O) groups is 1. The first-order chi connectivity index (χ1) is 5.85. The van der Waals surface area contributed by atoms with Crippen molar-refractivity contribution in [2.45, 2.75) is 45.9 Å². The molecule has 0 radical (unpaired) electrons. The molecule has 5 nitrogen and oxygen atoms in total. The fourth-order valence-electron chi connectivity index (χ4n) is 0.548. The molecule has 0 aliphatic heterocycles. The van der Waals surface area contributed by atoms with Gasteiger partial charge in [-0.2, -0.15) is 0 Å². The van der Waals surface area contributed by atoms with Crippen LogP contribution in [0.4, 0.5) is 4.79 Å². The van der Waals surface area contributed by atoms with Crippen molar-refractivity contribution in [3.8, 4) is 0 Å². The number of hydrogen-bond acceptors (Lipinski definition) is 4. The molecule has 0 saturated carbocycles. The molecule has 0 aromatic heterocycles. The molecule has 0 aliphatic carbocycles. The van der Waals surface area contributed by atoms with E-state index in [2.05, 4.69) is 10.9 Å². The minimum atomic E-state index is -0.743. The van der Waals surface area contributed by atoms with Crippen LogP contribution in [0.3, 0.4) is 0 Å². The van der Waals surface area contributed by atoms with Gasteiger partial charge in [0, 0.05) is 0 Å². The molecule has 78 valence electrons. The zero-order valence-electron chi connectivity index (χ0n) is 8.55. The van der Waals surface area contributed by atoms with E-state index in [0.717, 1.165) is 0 Å². The number of carbonyl (C=O) groups excluding carboxylic acids is 1. The molecule has 0 heterocycles. The maximum atomic E-state index is 11.0. The smallest absolute Gasteiger partial charge is 0.422 e. The summed E-state index contributed by atoms with van der Waals surface area (Å²) in [5.74, 6) is 0. The van der Waals surface area contributed by atoms with Gasteiger partial charge in [0.25, 0.3) is 0 Å². The summed E-state index contributed by atoms with van der Waals surface area (Å²) >= 11 is 0. The van der Waals surface area contributed by atoms with Crippen molar-refractivity contribution < 1.29 is 14.6 Å². The Balaban J connectivity index is 3.64. The van der Waals surface area contributed by atoms with Crippen LogP contribution in [0.15, 0.2) is 0 Å². The van der Waals surface area contributed by atoms with E-state index in [1.165, 1.54) is 0 Å². The van der Waals surface area contributed by atoms with Crippen molar-refractivity contribution in [2.75, 3.05) is 0 Å². The summed E-state index contributed by atoms with van der Waals surface area (Å²) in [4.78, 5) is 11.0. The third kappa shape index (κ3) is 7.55. The van der Waals surface area contributed by atoms with Crippen molar-refractivity contribution in [1.29, 1.82) is 0 Å². The van der Waals surface area contributed by atoms with Gasteiger partial charge in [-0.25, -0.2) is 10.2 Å². The van der Waals surface area contributed by atoms with Crippen molar-refractivity contribution in [2.24, 2.45) is 0 Å². The largest absolute Gasteiger partial charge is 0.443 e. The van der Waals surface area contributed by atoms with Crippen LogP contribution >= 0.6 is 0 Å². The predicted molar refractivity (Wildman–Crippen MR) is 48.8 cm³/mol. The van der Waals surface area contributed by atoms with Gasteiger partial charge in [0.1, 0.15) is 11.8 Å². The molecule has 0 fully saturated rings. The van der Waals surface area contributed by atoms with E-state index in [1.54, 1.807) is 27.7 Å². The van der Waals surface area contributed by atoms with Crippen molar-refractivity contribution in [1.82, 2.24) is 10.9 Å². The van der Waals surface area contributed by atoms with Crippen LogP contribution in [0.2, 0.25) is 0 Å². The molecule has 0 saturated heterocycles. The SMILES string of the molecule is CCC(O)NNC(=O)OC(C)(C)C. The predicted octanol–water partition coefficient (Wildman–Crippen LogP) is 0.744. The highest BCUT2D eigenvalue weighted by molar-refractivity contribution is 5.66. The Bertz CT molecular complexity index is 165. The number of amides is 1. The molecule has 0 aromatic carbocycles. The first-order valence-corrected chi connectivity index (χ1v) is 4.27. The zero-order chi connectivity index (χ0) is 10.5. The van der Waals surface area contributed by atoms with E-state index in [1.807, 2.05) is 0 Å². The van der Waals surface area contributed by atoms with Gasteiger partial charge in [0.05, 0.1) is 0 Å².